The molecule has 3 amide bonds. The molecule has 2 unspecified atom stereocenters. The van der Waals surface area contributed by atoms with Crippen LogP contribution in [0, 0.1) is 6.92 Å². The molecule has 2 heterocycles. The molecule has 0 spiro atoms. The Balaban J connectivity index is 1.39. The highest BCUT2D eigenvalue weighted by Crippen LogP contribution is 2.36. The van der Waals surface area contributed by atoms with Crippen LogP contribution in [0.3, 0.4) is 0 Å². The fraction of sp³-hybridized carbons (Fsp3) is 0.300. The molecular formula is C30H31N3O4. The number of hydrogen-bond donors (Lipinski definition) is 1. The van der Waals surface area contributed by atoms with Gasteiger partial charge in [-0.2, -0.15) is 0 Å². The molecule has 7 heteroatoms. The second-order valence-corrected chi connectivity index (χ2v) is 9.73. The molecule has 3 aromatic rings. The van der Waals surface area contributed by atoms with Crippen LogP contribution >= 0.6 is 0 Å². The Kier molecular flexibility index (Phi) is 7.21. The van der Waals surface area contributed by atoms with Crippen molar-refractivity contribution in [3.05, 3.63) is 101 Å². The van der Waals surface area contributed by atoms with E-state index in [9.17, 15) is 14.4 Å². The van der Waals surface area contributed by atoms with Gasteiger partial charge in [0, 0.05) is 18.8 Å². The van der Waals surface area contributed by atoms with Crippen LogP contribution in [0.2, 0.25) is 0 Å². The summed E-state index contributed by atoms with van der Waals surface area (Å²) in [5.41, 5.74) is 4.25. The lowest BCUT2D eigenvalue weighted by Crippen LogP contribution is -2.47. The third-order valence-electron chi connectivity index (χ3n) is 6.94. The number of benzene rings is 3. The zero-order valence-corrected chi connectivity index (χ0v) is 20.9. The Hall–Kier alpha value is -4.13. The summed E-state index contributed by atoms with van der Waals surface area (Å²) in [5.74, 6) is -0.239. The van der Waals surface area contributed by atoms with Crippen molar-refractivity contribution in [2.75, 3.05) is 18.4 Å². The number of amides is 3. The maximum atomic E-state index is 13.7. The predicted octanol–water partition coefficient (Wildman–Crippen LogP) is 4.86. The van der Waals surface area contributed by atoms with E-state index in [2.05, 4.69) is 5.32 Å². The van der Waals surface area contributed by atoms with Crippen molar-refractivity contribution in [2.24, 2.45) is 0 Å². The number of nitrogens with zero attached hydrogens (tertiary/aromatic N) is 2. The van der Waals surface area contributed by atoms with Gasteiger partial charge in [0.15, 0.2) is 12.1 Å². The normalized spacial score (nSPS) is 19.1. The molecule has 2 atom stereocenters. The maximum Gasteiger partial charge on any atom is 0.411 e. The van der Waals surface area contributed by atoms with Crippen molar-refractivity contribution < 1.29 is 19.1 Å². The Labute approximate surface area is 217 Å². The Morgan fingerprint density at radius 2 is 1.65 bits per heavy atom. The summed E-state index contributed by atoms with van der Waals surface area (Å²) in [6, 6.07) is 23.9. The molecular weight excluding hydrogens is 466 g/mol. The van der Waals surface area contributed by atoms with E-state index in [0.717, 1.165) is 29.5 Å². The number of nitrogens with one attached hydrogen (secondary N) is 1. The van der Waals surface area contributed by atoms with Gasteiger partial charge in [0.1, 0.15) is 0 Å². The average molecular weight is 498 g/mol. The van der Waals surface area contributed by atoms with E-state index in [1.165, 1.54) is 4.90 Å². The van der Waals surface area contributed by atoms with Gasteiger partial charge < -0.3 is 15.0 Å². The van der Waals surface area contributed by atoms with Crippen molar-refractivity contribution in [1.82, 2.24) is 9.80 Å². The van der Waals surface area contributed by atoms with Gasteiger partial charge in [-0.25, -0.2) is 4.79 Å². The fourth-order valence-corrected chi connectivity index (χ4v) is 4.99. The molecule has 1 N–H and O–H groups in total. The summed E-state index contributed by atoms with van der Waals surface area (Å²) in [5, 5.41) is 2.93. The van der Waals surface area contributed by atoms with Gasteiger partial charge in [0.05, 0.1) is 13.0 Å². The Morgan fingerprint density at radius 3 is 2.38 bits per heavy atom. The van der Waals surface area contributed by atoms with Crippen LogP contribution in [0.4, 0.5) is 10.5 Å². The number of likely N-dealkylation sites (tertiary alicyclic amines) is 1. The zero-order valence-electron chi connectivity index (χ0n) is 20.9. The lowest BCUT2D eigenvalue weighted by atomic mass is 9.99. The fourth-order valence-electron chi connectivity index (χ4n) is 4.99. The molecule has 2 saturated heterocycles. The van der Waals surface area contributed by atoms with E-state index in [0.29, 0.717) is 24.3 Å². The van der Waals surface area contributed by atoms with Crippen LogP contribution in [0.1, 0.15) is 41.2 Å². The average Bonchev–Trinajstić information content (AvgIpc) is 3.55. The topological polar surface area (TPSA) is 79.0 Å². The second kappa shape index (κ2) is 10.9. The first-order valence-corrected chi connectivity index (χ1v) is 12.7. The van der Waals surface area contributed by atoms with Gasteiger partial charge in [-0.05, 0) is 48.6 Å². The molecule has 0 radical (unpaired) electrons. The molecule has 2 aliphatic heterocycles. The standard InChI is InChI=1S/C30H31N3O4/c1-21-12-14-23(15-13-21)20-33-27(29(35)32-16-5-6-17-32)28(37-30(33)36)24-10-7-11-25(19-24)31-26(34)18-22-8-3-2-4-9-22/h2-4,7-15,19,27-28H,5-6,16-18,20H2,1H3,(H,31,34). The highest BCUT2D eigenvalue weighted by atomic mass is 16.6. The van der Waals surface area contributed by atoms with Crippen LogP contribution in [0.15, 0.2) is 78.9 Å². The summed E-state index contributed by atoms with van der Waals surface area (Å²) in [6.07, 6.45) is 0.889. The van der Waals surface area contributed by atoms with Crippen molar-refractivity contribution in [1.29, 1.82) is 0 Å². The van der Waals surface area contributed by atoms with Gasteiger partial charge in [0.2, 0.25) is 11.8 Å². The molecule has 5 rings (SSSR count). The van der Waals surface area contributed by atoms with E-state index < -0.39 is 18.2 Å². The molecule has 0 saturated carbocycles. The number of hydrogen-bond acceptors (Lipinski definition) is 4. The summed E-state index contributed by atoms with van der Waals surface area (Å²) >= 11 is 0. The smallest absolute Gasteiger partial charge is 0.411 e. The zero-order chi connectivity index (χ0) is 25.8. The monoisotopic (exact) mass is 497 g/mol. The Bertz CT molecular complexity index is 1270. The van der Waals surface area contributed by atoms with Crippen molar-refractivity contribution in [3.63, 3.8) is 0 Å². The SMILES string of the molecule is Cc1ccc(CN2C(=O)OC(c3cccc(NC(=O)Cc4ccccc4)c3)C2C(=O)N2CCCC2)cc1. The lowest BCUT2D eigenvalue weighted by molar-refractivity contribution is -0.135. The van der Waals surface area contributed by atoms with E-state index in [4.69, 9.17) is 4.74 Å². The van der Waals surface area contributed by atoms with E-state index >= 15 is 0 Å². The third-order valence-corrected chi connectivity index (χ3v) is 6.94. The first kappa shape index (κ1) is 24.6. The molecule has 0 bridgehead atoms. The first-order valence-electron chi connectivity index (χ1n) is 12.7. The minimum Gasteiger partial charge on any atom is -0.438 e. The quantitative estimate of drug-likeness (QED) is 0.506. The number of anilines is 1. The molecule has 7 nitrogen and oxygen atoms in total. The number of carbonyl (C=O) groups is 3. The van der Waals surface area contributed by atoms with Gasteiger partial charge in [-0.1, -0.05) is 72.3 Å². The van der Waals surface area contributed by atoms with Crippen LogP contribution in [-0.4, -0.2) is 46.8 Å². The van der Waals surface area contributed by atoms with Crippen LogP contribution < -0.4 is 5.32 Å². The summed E-state index contributed by atoms with van der Waals surface area (Å²) in [7, 11) is 0. The summed E-state index contributed by atoms with van der Waals surface area (Å²) < 4.78 is 5.83. The van der Waals surface area contributed by atoms with Gasteiger partial charge >= 0.3 is 6.09 Å². The van der Waals surface area contributed by atoms with Crippen LogP contribution in [0.5, 0.6) is 0 Å². The first-order chi connectivity index (χ1) is 18.0. The van der Waals surface area contributed by atoms with Crippen LogP contribution in [-0.2, 0) is 27.3 Å². The molecule has 2 fully saturated rings. The van der Waals surface area contributed by atoms with Gasteiger partial charge in [-0.3, -0.25) is 14.5 Å². The minimum atomic E-state index is -0.776. The second-order valence-electron chi connectivity index (χ2n) is 9.73. The molecule has 190 valence electrons. The third kappa shape index (κ3) is 5.66. The highest BCUT2D eigenvalue weighted by Gasteiger charge is 2.48. The number of aryl methyl sites for hydroxylation is 1. The van der Waals surface area contributed by atoms with Crippen molar-refractivity contribution >= 4 is 23.6 Å². The molecule has 3 aromatic carbocycles. The minimum absolute atomic E-state index is 0.0982. The van der Waals surface area contributed by atoms with E-state index in [-0.39, 0.29) is 24.8 Å². The molecule has 0 aromatic heterocycles. The van der Waals surface area contributed by atoms with Crippen molar-refractivity contribution in [2.45, 2.75) is 44.9 Å². The molecule has 0 aliphatic carbocycles. The molecule has 2 aliphatic rings. The largest absolute Gasteiger partial charge is 0.438 e. The number of carbonyl (C=O) groups excluding carboxylic acids is 3. The number of ether oxygens (including phenoxy) is 1. The van der Waals surface area contributed by atoms with Gasteiger partial charge in [0.25, 0.3) is 0 Å². The number of rotatable bonds is 7. The van der Waals surface area contributed by atoms with Crippen molar-refractivity contribution in [3.8, 4) is 0 Å². The van der Waals surface area contributed by atoms with E-state index in [1.54, 1.807) is 18.2 Å². The predicted molar refractivity (Wildman–Crippen MR) is 141 cm³/mol. The number of cyclic esters (lactones) is 1. The van der Waals surface area contributed by atoms with Gasteiger partial charge in [-0.15, -0.1) is 0 Å². The summed E-state index contributed by atoms with van der Waals surface area (Å²) in [6.45, 7) is 3.66. The lowest BCUT2D eigenvalue weighted by Gasteiger charge is -2.28. The Morgan fingerprint density at radius 1 is 0.919 bits per heavy atom. The molecule has 37 heavy (non-hydrogen) atoms. The maximum absolute atomic E-state index is 13.7. The van der Waals surface area contributed by atoms with Crippen LogP contribution in [0.25, 0.3) is 0 Å². The van der Waals surface area contributed by atoms with E-state index in [1.807, 2.05) is 72.5 Å². The highest BCUT2D eigenvalue weighted by molar-refractivity contribution is 5.92. The summed E-state index contributed by atoms with van der Waals surface area (Å²) in [4.78, 5) is 42.8.